The number of methoxy groups -OCH3 is 1. The number of carbonyl (C=O) groups is 1. The number of rotatable bonds is 6. The van der Waals surface area contributed by atoms with Crippen LogP contribution in [0.1, 0.15) is 21.6 Å². The van der Waals surface area contributed by atoms with Crippen LogP contribution in [0.2, 0.25) is 0 Å². The fourth-order valence-electron chi connectivity index (χ4n) is 2.52. The highest BCUT2D eigenvalue weighted by molar-refractivity contribution is 7.89. The second kappa shape index (κ2) is 8.09. The summed E-state index contributed by atoms with van der Waals surface area (Å²) in [7, 11) is -2.32. The fourth-order valence-corrected chi connectivity index (χ4v) is 4.13. The molecule has 2 aromatic carbocycles. The molecule has 0 saturated carbocycles. The first kappa shape index (κ1) is 20.0. The van der Waals surface area contributed by atoms with Gasteiger partial charge in [0.25, 0.3) is 0 Å². The summed E-state index contributed by atoms with van der Waals surface area (Å²) in [5, 5.41) is 7.75. The highest BCUT2D eigenvalue weighted by Crippen LogP contribution is 2.27. The Balaban J connectivity index is 1.71. The van der Waals surface area contributed by atoms with E-state index >= 15 is 0 Å². The monoisotopic (exact) mass is 418 g/mol. The zero-order valence-electron chi connectivity index (χ0n) is 15.2. The number of nitrogens with zero attached hydrogens (tertiary/aromatic N) is 1. The maximum Gasteiger partial charge on any atom is 0.338 e. The van der Waals surface area contributed by atoms with Gasteiger partial charge in [-0.25, -0.2) is 23.3 Å². The van der Waals surface area contributed by atoms with Gasteiger partial charge in [0.15, 0.2) is 0 Å². The minimum atomic E-state index is -3.92. The van der Waals surface area contributed by atoms with Crippen LogP contribution < -0.4 is 9.88 Å². The van der Waals surface area contributed by atoms with Crippen LogP contribution in [0.4, 0.5) is 0 Å². The summed E-state index contributed by atoms with van der Waals surface area (Å²) in [6.07, 6.45) is 0. The third-order valence-corrected chi connectivity index (χ3v) is 5.94. The normalized spacial score (nSPS) is 11.2. The van der Waals surface area contributed by atoms with Gasteiger partial charge in [-0.3, -0.25) is 0 Å². The average Bonchev–Trinajstić information content (AvgIpc) is 3.14. The van der Waals surface area contributed by atoms with Gasteiger partial charge in [-0.2, -0.15) is 0 Å². The van der Waals surface area contributed by atoms with Gasteiger partial charge in [-0.15, -0.1) is 11.3 Å². The van der Waals surface area contributed by atoms with E-state index in [4.69, 9.17) is 14.6 Å². The van der Waals surface area contributed by atoms with Crippen molar-refractivity contribution in [3.63, 3.8) is 0 Å². The molecule has 2 N–H and O–H groups in total. The van der Waals surface area contributed by atoms with Crippen molar-refractivity contribution in [2.75, 3.05) is 7.11 Å². The first-order chi connectivity index (χ1) is 13.3. The Hall–Kier alpha value is -2.75. The quantitative estimate of drug-likeness (QED) is 0.616. The van der Waals surface area contributed by atoms with Gasteiger partial charge < -0.3 is 9.47 Å². The van der Waals surface area contributed by atoms with Crippen LogP contribution in [0.3, 0.4) is 0 Å². The predicted octanol–water partition coefficient (Wildman–Crippen LogP) is 3.13. The van der Waals surface area contributed by atoms with Crippen LogP contribution in [-0.4, -0.2) is 26.5 Å². The number of primary sulfonamides is 1. The van der Waals surface area contributed by atoms with Gasteiger partial charge in [-0.05, 0) is 36.8 Å². The number of esters is 1. The average molecular weight is 418 g/mol. The molecular weight excluding hydrogens is 400 g/mol. The van der Waals surface area contributed by atoms with E-state index in [1.54, 1.807) is 19.4 Å². The summed E-state index contributed by atoms with van der Waals surface area (Å²) in [5.74, 6) is 0.0755. The lowest BCUT2D eigenvalue weighted by Crippen LogP contribution is -2.15. The molecule has 7 nitrogen and oxygen atoms in total. The summed E-state index contributed by atoms with van der Waals surface area (Å²) >= 11 is 1.42. The van der Waals surface area contributed by atoms with Crippen LogP contribution in [0.5, 0.6) is 5.75 Å². The summed E-state index contributed by atoms with van der Waals surface area (Å²) in [6.45, 7) is 1.57. The maximum absolute atomic E-state index is 12.3. The molecule has 3 rings (SSSR count). The van der Waals surface area contributed by atoms with Crippen molar-refractivity contribution in [1.29, 1.82) is 0 Å². The molecule has 0 unspecified atom stereocenters. The van der Waals surface area contributed by atoms with Crippen molar-refractivity contribution >= 4 is 27.3 Å². The minimum absolute atomic E-state index is 0.0299. The lowest BCUT2D eigenvalue weighted by molar-refractivity contribution is 0.0468. The van der Waals surface area contributed by atoms with Gasteiger partial charge in [0.05, 0.1) is 23.3 Å². The van der Waals surface area contributed by atoms with Crippen LogP contribution in [-0.2, 0) is 21.4 Å². The third-order valence-electron chi connectivity index (χ3n) is 3.95. The number of aromatic nitrogens is 1. The first-order valence-corrected chi connectivity index (χ1v) is 10.6. The lowest BCUT2D eigenvalue weighted by atomic mass is 10.1. The van der Waals surface area contributed by atoms with Crippen LogP contribution in [0.25, 0.3) is 10.6 Å². The molecule has 3 aromatic rings. The number of hydrogen-bond donors (Lipinski definition) is 1. The van der Waals surface area contributed by atoms with Gasteiger partial charge in [0, 0.05) is 10.9 Å². The molecule has 0 aliphatic heterocycles. The summed E-state index contributed by atoms with van der Waals surface area (Å²) in [5.41, 5.74) is 2.06. The Bertz CT molecular complexity index is 1120. The number of sulfonamides is 1. The molecule has 0 fully saturated rings. The topological polar surface area (TPSA) is 109 Å². The molecule has 0 spiro atoms. The molecule has 0 amide bonds. The smallest absolute Gasteiger partial charge is 0.338 e. The van der Waals surface area contributed by atoms with Crippen LogP contribution in [0, 0.1) is 6.92 Å². The third kappa shape index (κ3) is 4.56. The maximum atomic E-state index is 12.3. The van der Waals surface area contributed by atoms with Crippen molar-refractivity contribution in [2.45, 2.75) is 18.4 Å². The van der Waals surface area contributed by atoms with Gasteiger partial charge >= 0.3 is 5.97 Å². The zero-order chi connectivity index (χ0) is 20.3. The van der Waals surface area contributed by atoms with Crippen molar-refractivity contribution < 1.29 is 22.7 Å². The van der Waals surface area contributed by atoms with Gasteiger partial charge in [-0.1, -0.05) is 18.2 Å². The molecule has 0 aliphatic carbocycles. The molecule has 0 radical (unpaired) electrons. The molecule has 0 saturated heterocycles. The summed E-state index contributed by atoms with van der Waals surface area (Å²) < 4.78 is 33.7. The second-order valence-electron chi connectivity index (χ2n) is 5.98. The first-order valence-electron chi connectivity index (χ1n) is 8.17. The van der Waals surface area contributed by atoms with Crippen molar-refractivity contribution in [2.24, 2.45) is 5.14 Å². The van der Waals surface area contributed by atoms with E-state index in [0.717, 1.165) is 16.3 Å². The Kier molecular flexibility index (Phi) is 5.78. The summed E-state index contributed by atoms with van der Waals surface area (Å²) in [4.78, 5) is 16.6. The number of ether oxygens (including phenoxy) is 2. The molecule has 146 valence electrons. The van der Waals surface area contributed by atoms with E-state index in [9.17, 15) is 13.2 Å². The largest absolute Gasteiger partial charge is 0.497 e. The molecule has 0 aliphatic rings. The number of hydrogen-bond acceptors (Lipinski definition) is 7. The van der Waals surface area contributed by atoms with Crippen molar-refractivity contribution in [3.05, 3.63) is 64.7 Å². The van der Waals surface area contributed by atoms with Crippen LogP contribution >= 0.6 is 11.3 Å². The predicted molar refractivity (Wildman–Crippen MR) is 106 cm³/mol. The standard InChI is InChI=1S/C19H18N2O5S2/c1-12-6-7-14(9-17(12)28(20,23)24)19(22)26-10-15-11-27-18(21-15)13-4-3-5-16(8-13)25-2/h3-9,11H,10H2,1-2H3,(H2,20,23,24). The fraction of sp³-hybridized carbons (Fsp3) is 0.158. The number of aryl methyl sites for hydroxylation is 1. The number of thiazole rings is 1. The molecule has 0 atom stereocenters. The van der Waals surface area contributed by atoms with E-state index in [1.807, 2.05) is 24.3 Å². The SMILES string of the molecule is COc1cccc(-c2nc(COC(=O)c3ccc(C)c(S(N)(=O)=O)c3)cs2)c1. The highest BCUT2D eigenvalue weighted by Gasteiger charge is 2.16. The van der Waals surface area contributed by atoms with E-state index in [1.165, 1.54) is 29.5 Å². The molecule has 0 bridgehead atoms. The van der Waals surface area contributed by atoms with Crippen molar-refractivity contribution in [3.8, 4) is 16.3 Å². The van der Waals surface area contributed by atoms with Gasteiger partial charge in [0.2, 0.25) is 10.0 Å². The highest BCUT2D eigenvalue weighted by atomic mass is 32.2. The molecule has 1 aromatic heterocycles. The van der Waals surface area contributed by atoms with E-state index in [0.29, 0.717) is 11.3 Å². The molecule has 1 heterocycles. The number of nitrogens with two attached hydrogens (primary N) is 1. The zero-order valence-corrected chi connectivity index (χ0v) is 16.8. The molecule has 9 heteroatoms. The van der Waals surface area contributed by atoms with E-state index in [2.05, 4.69) is 4.98 Å². The molecule has 28 heavy (non-hydrogen) atoms. The number of carbonyl (C=O) groups excluding carboxylic acids is 1. The number of benzene rings is 2. The van der Waals surface area contributed by atoms with E-state index < -0.39 is 16.0 Å². The minimum Gasteiger partial charge on any atom is -0.497 e. The van der Waals surface area contributed by atoms with E-state index in [-0.39, 0.29) is 17.1 Å². The Morgan fingerprint density at radius 3 is 2.71 bits per heavy atom. The lowest BCUT2D eigenvalue weighted by Gasteiger charge is -2.07. The summed E-state index contributed by atoms with van der Waals surface area (Å²) in [6, 6.07) is 11.7. The Morgan fingerprint density at radius 1 is 1.21 bits per heavy atom. The van der Waals surface area contributed by atoms with Gasteiger partial charge in [0.1, 0.15) is 17.4 Å². The molecular formula is C19H18N2O5S2. The second-order valence-corrected chi connectivity index (χ2v) is 8.37. The van der Waals surface area contributed by atoms with Crippen molar-refractivity contribution in [1.82, 2.24) is 4.98 Å². The van der Waals surface area contributed by atoms with Crippen LogP contribution in [0.15, 0.2) is 52.7 Å². The Labute approximate surface area is 166 Å². The Morgan fingerprint density at radius 2 is 2.00 bits per heavy atom.